The van der Waals surface area contributed by atoms with Gasteiger partial charge in [0.05, 0.1) is 0 Å². The molecule has 1 aromatic rings. The van der Waals surface area contributed by atoms with Crippen LogP contribution in [-0.2, 0) is 6.18 Å². The molecule has 1 N–H and O–H groups in total. The van der Waals surface area contributed by atoms with Gasteiger partial charge >= 0.3 is 6.18 Å². The van der Waals surface area contributed by atoms with Gasteiger partial charge < -0.3 is 5.32 Å². The Morgan fingerprint density at radius 2 is 2.07 bits per heavy atom. The van der Waals surface area contributed by atoms with E-state index in [0.717, 1.165) is 0 Å². The van der Waals surface area contributed by atoms with Gasteiger partial charge in [-0.15, -0.1) is 0 Å². The monoisotopic (exact) mass is 225 g/mol. The van der Waals surface area contributed by atoms with Gasteiger partial charge in [0.1, 0.15) is 5.15 Å². The number of nitrogens with one attached hydrogen (secondary N) is 1. The fraction of sp³-hybridized carbons (Fsp3) is 0.429. The maximum atomic E-state index is 12.2. The Morgan fingerprint density at radius 3 is 2.57 bits per heavy atom. The number of hydrogen-bond donors (Lipinski definition) is 1. The van der Waals surface area contributed by atoms with Crippen molar-refractivity contribution in [3.63, 3.8) is 0 Å². The number of aromatic nitrogens is 2. The number of anilines is 1. The number of hydrogen-bond acceptors (Lipinski definition) is 3. The first-order chi connectivity index (χ1) is 6.43. The molecule has 1 rings (SSSR count). The Kier molecular flexibility index (Phi) is 3.15. The average molecular weight is 226 g/mol. The molecule has 0 aliphatic rings. The second-order valence-corrected chi connectivity index (χ2v) is 2.81. The van der Waals surface area contributed by atoms with Crippen LogP contribution in [0.3, 0.4) is 0 Å². The molecule has 0 aliphatic heterocycles. The molecule has 0 aromatic carbocycles. The third-order valence-electron chi connectivity index (χ3n) is 1.32. The van der Waals surface area contributed by atoms with E-state index in [0.29, 0.717) is 12.6 Å². The molecule has 78 valence electrons. The summed E-state index contributed by atoms with van der Waals surface area (Å²) >= 11 is 5.40. The Hall–Kier alpha value is -1.04. The van der Waals surface area contributed by atoms with Gasteiger partial charge in [-0.25, -0.2) is 9.97 Å². The largest absolute Gasteiger partial charge is 0.433 e. The second-order valence-electron chi connectivity index (χ2n) is 2.43. The molecular weight excluding hydrogens is 219 g/mol. The topological polar surface area (TPSA) is 37.8 Å². The molecule has 7 heteroatoms. The van der Waals surface area contributed by atoms with Crippen LogP contribution in [-0.4, -0.2) is 16.5 Å². The van der Waals surface area contributed by atoms with Crippen molar-refractivity contribution in [1.82, 2.24) is 9.97 Å². The molecule has 1 heterocycles. The van der Waals surface area contributed by atoms with Gasteiger partial charge in [0.15, 0.2) is 5.69 Å². The summed E-state index contributed by atoms with van der Waals surface area (Å²) in [7, 11) is 0. The van der Waals surface area contributed by atoms with Gasteiger partial charge in [0.25, 0.3) is 0 Å². The van der Waals surface area contributed by atoms with E-state index in [-0.39, 0.29) is 11.1 Å². The highest BCUT2D eigenvalue weighted by Crippen LogP contribution is 2.29. The zero-order chi connectivity index (χ0) is 10.8. The summed E-state index contributed by atoms with van der Waals surface area (Å²) in [6.45, 7) is 2.15. The van der Waals surface area contributed by atoms with Gasteiger partial charge in [-0.2, -0.15) is 13.2 Å². The Bertz CT molecular complexity index is 326. The van der Waals surface area contributed by atoms with Crippen molar-refractivity contribution < 1.29 is 13.2 Å². The maximum Gasteiger partial charge on any atom is 0.433 e. The molecule has 0 aliphatic carbocycles. The Labute approximate surface area is 83.3 Å². The smallest absolute Gasteiger partial charge is 0.354 e. The fourth-order valence-corrected chi connectivity index (χ4v) is 0.983. The molecule has 14 heavy (non-hydrogen) atoms. The van der Waals surface area contributed by atoms with Gasteiger partial charge in [0.2, 0.25) is 5.95 Å². The summed E-state index contributed by atoms with van der Waals surface area (Å²) in [6, 6.07) is 0.683. The van der Waals surface area contributed by atoms with E-state index >= 15 is 0 Å². The molecule has 0 radical (unpaired) electrons. The van der Waals surface area contributed by atoms with Crippen molar-refractivity contribution in [2.45, 2.75) is 13.1 Å². The summed E-state index contributed by atoms with van der Waals surface area (Å²) in [5.74, 6) is -0.118. The lowest BCUT2D eigenvalue weighted by molar-refractivity contribution is -0.141. The highest BCUT2D eigenvalue weighted by atomic mass is 35.5. The van der Waals surface area contributed by atoms with E-state index in [4.69, 9.17) is 11.6 Å². The molecule has 0 amide bonds. The molecule has 0 atom stereocenters. The van der Waals surface area contributed by atoms with Crippen LogP contribution < -0.4 is 5.32 Å². The molecule has 0 saturated carbocycles. The van der Waals surface area contributed by atoms with Crippen molar-refractivity contribution in [3.8, 4) is 0 Å². The standard InChI is InChI=1S/C7H7ClF3N3/c1-2-12-6-13-4(7(9,10)11)3-5(8)14-6/h3H,2H2,1H3,(H,12,13,14). The molecule has 3 nitrogen and oxygen atoms in total. The van der Waals surface area contributed by atoms with Gasteiger partial charge in [-0.1, -0.05) is 11.6 Å². The second kappa shape index (κ2) is 4.00. The first-order valence-electron chi connectivity index (χ1n) is 3.79. The zero-order valence-electron chi connectivity index (χ0n) is 7.19. The lowest BCUT2D eigenvalue weighted by atomic mass is 10.4. The van der Waals surface area contributed by atoms with E-state index in [1.165, 1.54) is 0 Å². The van der Waals surface area contributed by atoms with Crippen LogP contribution in [0.1, 0.15) is 12.6 Å². The Morgan fingerprint density at radius 1 is 1.43 bits per heavy atom. The van der Waals surface area contributed by atoms with E-state index in [9.17, 15) is 13.2 Å². The summed E-state index contributed by atoms with van der Waals surface area (Å²) in [6.07, 6.45) is -4.50. The average Bonchev–Trinajstić information content (AvgIpc) is 2.02. The summed E-state index contributed by atoms with van der Waals surface area (Å²) in [4.78, 5) is 6.84. The van der Waals surface area contributed by atoms with E-state index in [1.807, 2.05) is 0 Å². The van der Waals surface area contributed by atoms with Crippen molar-refractivity contribution in [2.24, 2.45) is 0 Å². The van der Waals surface area contributed by atoms with E-state index in [2.05, 4.69) is 15.3 Å². The number of nitrogens with zero attached hydrogens (tertiary/aromatic N) is 2. The maximum absolute atomic E-state index is 12.2. The van der Waals surface area contributed by atoms with Crippen LogP contribution in [0.5, 0.6) is 0 Å². The first kappa shape index (κ1) is 11.0. The quantitative estimate of drug-likeness (QED) is 0.786. The van der Waals surface area contributed by atoms with E-state index < -0.39 is 11.9 Å². The van der Waals surface area contributed by atoms with Gasteiger partial charge in [-0.3, -0.25) is 0 Å². The summed E-state index contributed by atoms with van der Waals surface area (Å²) in [5.41, 5.74) is -1.05. The van der Waals surface area contributed by atoms with Crippen LogP contribution in [0.2, 0.25) is 5.15 Å². The van der Waals surface area contributed by atoms with Crippen LogP contribution in [0.4, 0.5) is 19.1 Å². The Balaban J connectivity index is 3.07. The lowest BCUT2D eigenvalue weighted by Gasteiger charge is -2.08. The minimum absolute atomic E-state index is 0.118. The minimum atomic E-state index is -4.50. The van der Waals surface area contributed by atoms with Crippen LogP contribution in [0.25, 0.3) is 0 Å². The molecule has 0 saturated heterocycles. The van der Waals surface area contributed by atoms with Crippen molar-refractivity contribution in [3.05, 3.63) is 16.9 Å². The molecule has 0 fully saturated rings. The van der Waals surface area contributed by atoms with Crippen LogP contribution in [0.15, 0.2) is 6.07 Å². The highest BCUT2D eigenvalue weighted by Gasteiger charge is 2.33. The third kappa shape index (κ3) is 2.73. The first-order valence-corrected chi connectivity index (χ1v) is 4.17. The predicted octanol–water partition coefficient (Wildman–Crippen LogP) is 2.58. The number of rotatable bonds is 2. The van der Waals surface area contributed by atoms with Crippen molar-refractivity contribution in [1.29, 1.82) is 0 Å². The molecule has 1 aromatic heterocycles. The third-order valence-corrected chi connectivity index (χ3v) is 1.51. The molecule has 0 spiro atoms. The van der Waals surface area contributed by atoms with Gasteiger partial charge in [-0.05, 0) is 6.92 Å². The van der Waals surface area contributed by atoms with Crippen LogP contribution >= 0.6 is 11.6 Å². The fourth-order valence-electron chi connectivity index (χ4n) is 0.800. The number of alkyl halides is 3. The minimum Gasteiger partial charge on any atom is -0.354 e. The van der Waals surface area contributed by atoms with Gasteiger partial charge in [0, 0.05) is 12.6 Å². The summed E-state index contributed by atoms with van der Waals surface area (Å²) in [5, 5.41) is 2.32. The number of halogens is 4. The molecule has 0 bridgehead atoms. The van der Waals surface area contributed by atoms with Crippen LogP contribution in [0, 0.1) is 0 Å². The SMILES string of the molecule is CCNc1nc(Cl)cc(C(F)(F)F)n1. The van der Waals surface area contributed by atoms with E-state index in [1.54, 1.807) is 6.92 Å². The molecular formula is C7H7ClF3N3. The lowest BCUT2D eigenvalue weighted by Crippen LogP contribution is -2.11. The normalized spacial score (nSPS) is 11.5. The van der Waals surface area contributed by atoms with Crippen molar-refractivity contribution >= 4 is 17.5 Å². The summed E-state index contributed by atoms with van der Waals surface area (Å²) < 4.78 is 36.6. The molecule has 0 unspecified atom stereocenters. The predicted molar refractivity (Wildman–Crippen MR) is 46.2 cm³/mol. The highest BCUT2D eigenvalue weighted by molar-refractivity contribution is 6.29. The van der Waals surface area contributed by atoms with Crippen molar-refractivity contribution in [2.75, 3.05) is 11.9 Å². The zero-order valence-corrected chi connectivity index (χ0v) is 7.95.